The highest BCUT2D eigenvalue weighted by molar-refractivity contribution is 5.99. The van der Waals surface area contributed by atoms with Crippen molar-refractivity contribution in [3.05, 3.63) is 77.0 Å². The zero-order valence-electron chi connectivity index (χ0n) is 15.4. The van der Waals surface area contributed by atoms with Gasteiger partial charge in [-0.1, -0.05) is 6.07 Å². The number of carbonyl (C=O) groups is 1. The number of nitrogens with zero attached hydrogens (tertiary/aromatic N) is 3. The summed E-state index contributed by atoms with van der Waals surface area (Å²) >= 11 is 0. The van der Waals surface area contributed by atoms with Crippen LogP contribution in [0, 0.1) is 11.6 Å². The monoisotopic (exact) mass is 382 g/mol. The lowest BCUT2D eigenvalue weighted by Gasteiger charge is -2.26. The maximum atomic E-state index is 13.5. The summed E-state index contributed by atoms with van der Waals surface area (Å²) in [5, 5.41) is 4.18. The molecule has 2 aromatic carbocycles. The molecule has 0 spiro atoms. The summed E-state index contributed by atoms with van der Waals surface area (Å²) in [7, 11) is 1.86. The van der Waals surface area contributed by atoms with E-state index in [0.717, 1.165) is 22.9 Å². The van der Waals surface area contributed by atoms with Crippen LogP contribution in [-0.2, 0) is 20.0 Å². The van der Waals surface area contributed by atoms with Crippen LogP contribution >= 0.6 is 0 Å². The van der Waals surface area contributed by atoms with E-state index in [1.807, 2.05) is 31.3 Å². The number of rotatable bonds is 5. The van der Waals surface area contributed by atoms with Crippen LogP contribution in [0.25, 0.3) is 11.3 Å². The Morgan fingerprint density at radius 3 is 2.54 bits per heavy atom. The number of halogens is 2. The van der Waals surface area contributed by atoms with Crippen molar-refractivity contribution in [1.29, 1.82) is 0 Å². The molecule has 28 heavy (non-hydrogen) atoms. The second-order valence-corrected chi connectivity index (χ2v) is 7.02. The molecule has 1 amide bonds. The number of hydrogen-bond acceptors (Lipinski definition) is 3. The normalized spacial score (nSPS) is 14.4. The van der Waals surface area contributed by atoms with Crippen molar-refractivity contribution < 1.29 is 13.6 Å². The van der Waals surface area contributed by atoms with E-state index in [9.17, 15) is 13.6 Å². The second-order valence-electron chi connectivity index (χ2n) is 7.02. The number of hydrogen-bond donors (Lipinski definition) is 1. The molecule has 3 aromatic rings. The van der Waals surface area contributed by atoms with Gasteiger partial charge in [-0.15, -0.1) is 0 Å². The third-order valence-corrected chi connectivity index (χ3v) is 5.16. The van der Waals surface area contributed by atoms with Crippen molar-refractivity contribution in [2.75, 3.05) is 6.54 Å². The van der Waals surface area contributed by atoms with Crippen LogP contribution in [0.2, 0.25) is 0 Å². The number of aromatic nitrogens is 2. The molecule has 0 unspecified atom stereocenters. The molecule has 5 nitrogen and oxygen atoms in total. The molecule has 0 radical (unpaired) electrons. The predicted octanol–water partition coefficient (Wildman–Crippen LogP) is 2.89. The van der Waals surface area contributed by atoms with E-state index in [1.54, 1.807) is 15.8 Å². The quantitative estimate of drug-likeness (QED) is 0.738. The first-order valence-corrected chi connectivity index (χ1v) is 9.03. The summed E-state index contributed by atoms with van der Waals surface area (Å²) < 4.78 is 28.8. The molecule has 1 aliphatic rings. The van der Waals surface area contributed by atoms with Crippen LogP contribution in [0.1, 0.15) is 21.5 Å². The smallest absolute Gasteiger partial charge is 0.254 e. The molecule has 7 heteroatoms. The highest BCUT2D eigenvalue weighted by atomic mass is 19.1. The summed E-state index contributed by atoms with van der Waals surface area (Å²) in [4.78, 5) is 14.6. The largest absolute Gasteiger partial charge is 0.330 e. The minimum atomic E-state index is -0.636. The lowest BCUT2D eigenvalue weighted by atomic mass is 10.0. The summed E-state index contributed by atoms with van der Waals surface area (Å²) in [6, 6.07) is 10.7. The van der Waals surface area contributed by atoms with Crippen molar-refractivity contribution >= 4 is 5.91 Å². The first kappa shape index (κ1) is 18.3. The fraction of sp³-hybridized carbons (Fsp3) is 0.238. The highest BCUT2D eigenvalue weighted by Crippen LogP contribution is 2.30. The molecular formula is C21H20F2N4O. The fourth-order valence-corrected chi connectivity index (χ4v) is 3.78. The van der Waals surface area contributed by atoms with Gasteiger partial charge in [-0.05, 0) is 47.9 Å². The van der Waals surface area contributed by atoms with E-state index in [2.05, 4.69) is 5.10 Å². The molecule has 0 bridgehead atoms. The minimum absolute atomic E-state index is 0.112. The molecule has 0 aliphatic carbocycles. The zero-order valence-corrected chi connectivity index (χ0v) is 15.4. The molecule has 1 aromatic heterocycles. The zero-order chi connectivity index (χ0) is 19.8. The van der Waals surface area contributed by atoms with E-state index in [-0.39, 0.29) is 18.5 Å². The highest BCUT2D eigenvalue weighted by Gasteiger charge is 2.32. The maximum absolute atomic E-state index is 13.5. The van der Waals surface area contributed by atoms with E-state index in [1.165, 1.54) is 12.1 Å². The van der Waals surface area contributed by atoms with Crippen molar-refractivity contribution in [2.24, 2.45) is 12.8 Å². The van der Waals surface area contributed by atoms with Gasteiger partial charge in [0.2, 0.25) is 0 Å². The third-order valence-electron chi connectivity index (χ3n) is 5.16. The van der Waals surface area contributed by atoms with Crippen LogP contribution < -0.4 is 5.73 Å². The summed E-state index contributed by atoms with van der Waals surface area (Å²) in [6.07, 6.45) is 2.02. The van der Waals surface area contributed by atoms with Crippen molar-refractivity contribution in [2.45, 2.75) is 19.0 Å². The van der Waals surface area contributed by atoms with Gasteiger partial charge in [0.05, 0.1) is 5.69 Å². The van der Waals surface area contributed by atoms with Gasteiger partial charge >= 0.3 is 0 Å². The molecule has 4 rings (SSSR count). The van der Waals surface area contributed by atoms with E-state index < -0.39 is 11.6 Å². The first-order chi connectivity index (χ1) is 13.5. The summed E-state index contributed by atoms with van der Waals surface area (Å²) in [5.74, 6) is -1.39. The van der Waals surface area contributed by atoms with E-state index in [0.29, 0.717) is 24.1 Å². The second kappa shape index (κ2) is 7.16. The standard InChI is InChI=1S/C21H20F2N4O/c1-26-20(4-5-25-26)14-2-3-19-15(9-14)12-27(21(19)28)18(11-24)8-13-6-16(22)10-17(23)7-13/h2-7,9-10,18H,8,11-12,24H2,1H3/t18-/m0/s1. The Kier molecular flexibility index (Phi) is 4.68. The Morgan fingerprint density at radius 1 is 1.14 bits per heavy atom. The topological polar surface area (TPSA) is 64.2 Å². The maximum Gasteiger partial charge on any atom is 0.254 e. The Morgan fingerprint density at radius 2 is 1.89 bits per heavy atom. The van der Waals surface area contributed by atoms with Gasteiger partial charge in [0.1, 0.15) is 11.6 Å². The lowest BCUT2D eigenvalue weighted by Crippen LogP contribution is -2.42. The molecule has 0 fully saturated rings. The Labute approximate surface area is 161 Å². The Bertz CT molecular complexity index is 1030. The molecule has 2 N–H and O–H groups in total. The third kappa shape index (κ3) is 3.29. The molecule has 2 heterocycles. The van der Waals surface area contributed by atoms with Gasteiger partial charge in [0.25, 0.3) is 5.91 Å². The van der Waals surface area contributed by atoms with Crippen LogP contribution in [-0.4, -0.2) is 33.2 Å². The van der Waals surface area contributed by atoms with Crippen LogP contribution in [0.15, 0.2) is 48.7 Å². The van der Waals surface area contributed by atoms with Gasteiger partial charge in [-0.3, -0.25) is 9.48 Å². The number of carbonyl (C=O) groups excluding carboxylic acids is 1. The number of amides is 1. The van der Waals surface area contributed by atoms with Crippen LogP contribution in [0.5, 0.6) is 0 Å². The molecular weight excluding hydrogens is 362 g/mol. The predicted molar refractivity (Wildman–Crippen MR) is 101 cm³/mol. The average molecular weight is 382 g/mol. The first-order valence-electron chi connectivity index (χ1n) is 9.03. The lowest BCUT2D eigenvalue weighted by molar-refractivity contribution is 0.0708. The van der Waals surface area contributed by atoms with Crippen LogP contribution in [0.3, 0.4) is 0 Å². The minimum Gasteiger partial charge on any atom is -0.330 e. The van der Waals surface area contributed by atoms with E-state index >= 15 is 0 Å². The Balaban J connectivity index is 1.59. The van der Waals surface area contributed by atoms with Crippen LogP contribution in [0.4, 0.5) is 8.78 Å². The molecule has 0 saturated heterocycles. The average Bonchev–Trinajstić information content (AvgIpc) is 3.22. The molecule has 144 valence electrons. The number of aryl methyl sites for hydroxylation is 1. The van der Waals surface area contributed by atoms with Crippen molar-refractivity contribution in [3.63, 3.8) is 0 Å². The molecule has 1 atom stereocenters. The van der Waals surface area contributed by atoms with Gasteiger partial charge in [-0.25, -0.2) is 8.78 Å². The summed E-state index contributed by atoms with van der Waals surface area (Å²) in [6.45, 7) is 0.617. The van der Waals surface area contributed by atoms with E-state index in [4.69, 9.17) is 5.73 Å². The number of benzene rings is 2. The Hall–Kier alpha value is -3.06. The summed E-state index contributed by atoms with van der Waals surface area (Å²) in [5.41, 5.74) is 9.86. The van der Waals surface area contributed by atoms with Crippen molar-refractivity contribution in [1.82, 2.24) is 14.7 Å². The molecule has 0 saturated carbocycles. The number of nitrogens with two attached hydrogens (primary N) is 1. The van der Waals surface area contributed by atoms with Gasteiger partial charge in [-0.2, -0.15) is 5.10 Å². The molecule has 1 aliphatic heterocycles. The number of fused-ring (bicyclic) bond motifs is 1. The SMILES string of the molecule is Cn1nccc1-c1ccc2c(c1)CN([C@H](CN)Cc1cc(F)cc(F)c1)C2=O. The van der Waals surface area contributed by atoms with Crippen molar-refractivity contribution in [3.8, 4) is 11.3 Å². The van der Waals surface area contributed by atoms with Gasteiger partial charge < -0.3 is 10.6 Å². The fourth-order valence-electron chi connectivity index (χ4n) is 3.78. The van der Waals surface area contributed by atoms with Gasteiger partial charge in [0.15, 0.2) is 0 Å². The van der Waals surface area contributed by atoms with Gasteiger partial charge in [0, 0.05) is 49.6 Å².